The monoisotopic (exact) mass is 221 g/mol. The third kappa shape index (κ3) is 9.77. The third-order valence-corrected chi connectivity index (χ3v) is 2.88. The highest BCUT2D eigenvalue weighted by molar-refractivity contribution is 4.89. The summed E-state index contributed by atoms with van der Waals surface area (Å²) in [4.78, 5) is 0. The molecule has 0 saturated carbocycles. The summed E-state index contributed by atoms with van der Waals surface area (Å²) in [7, 11) is 0. The van der Waals surface area contributed by atoms with Crippen molar-refractivity contribution in [2.24, 2.45) is 17.8 Å². The summed E-state index contributed by atoms with van der Waals surface area (Å²) in [6, 6.07) is 2.22. The number of allylic oxidation sites excluding steroid dienone is 2. The molecular formula is C15H27N. The summed E-state index contributed by atoms with van der Waals surface area (Å²) in [5, 5.41) is 8.54. The van der Waals surface area contributed by atoms with Gasteiger partial charge in [0.2, 0.25) is 0 Å². The van der Waals surface area contributed by atoms with Crippen LogP contribution in [0.25, 0.3) is 0 Å². The quantitative estimate of drug-likeness (QED) is 0.532. The van der Waals surface area contributed by atoms with Crippen LogP contribution in [-0.4, -0.2) is 0 Å². The normalized spacial score (nSPS) is 15.2. The van der Waals surface area contributed by atoms with Gasteiger partial charge in [-0.2, -0.15) is 5.26 Å². The standard InChI is InChI=1S/C15H27N/c1-13(2)7-5-8-14(3)9-6-10-15(4)11-12-16/h6,9,13-15H,5,7-8,10-11H2,1-4H3/b9-6+/t14-,15-/m1/s1. The molecule has 0 unspecified atom stereocenters. The molecule has 1 heteroatoms. The van der Waals surface area contributed by atoms with Crippen molar-refractivity contribution < 1.29 is 0 Å². The molecule has 16 heavy (non-hydrogen) atoms. The number of hydrogen-bond acceptors (Lipinski definition) is 1. The summed E-state index contributed by atoms with van der Waals surface area (Å²) >= 11 is 0. The van der Waals surface area contributed by atoms with E-state index < -0.39 is 0 Å². The van der Waals surface area contributed by atoms with Crippen LogP contribution in [-0.2, 0) is 0 Å². The van der Waals surface area contributed by atoms with E-state index in [1.165, 1.54) is 19.3 Å². The van der Waals surface area contributed by atoms with Crippen LogP contribution in [0.4, 0.5) is 0 Å². The van der Waals surface area contributed by atoms with Crippen molar-refractivity contribution in [3.63, 3.8) is 0 Å². The van der Waals surface area contributed by atoms with Crippen molar-refractivity contribution in [3.05, 3.63) is 12.2 Å². The zero-order chi connectivity index (χ0) is 12.4. The van der Waals surface area contributed by atoms with Gasteiger partial charge in [0.1, 0.15) is 0 Å². The summed E-state index contributed by atoms with van der Waals surface area (Å²) in [5.74, 6) is 2.02. The fraction of sp³-hybridized carbons (Fsp3) is 0.800. The number of rotatable bonds is 8. The Morgan fingerprint density at radius 3 is 2.38 bits per heavy atom. The van der Waals surface area contributed by atoms with Gasteiger partial charge in [0.15, 0.2) is 0 Å². The number of nitrogens with zero attached hydrogens (tertiary/aromatic N) is 1. The van der Waals surface area contributed by atoms with Gasteiger partial charge in [0, 0.05) is 6.42 Å². The summed E-state index contributed by atoms with van der Waals surface area (Å²) < 4.78 is 0. The first kappa shape index (κ1) is 15.2. The van der Waals surface area contributed by atoms with E-state index in [1.54, 1.807) is 0 Å². The minimum absolute atomic E-state index is 0.504. The van der Waals surface area contributed by atoms with Crippen LogP contribution < -0.4 is 0 Å². The van der Waals surface area contributed by atoms with Crippen LogP contribution in [0, 0.1) is 29.1 Å². The molecule has 0 aromatic rings. The molecule has 1 nitrogen and oxygen atoms in total. The van der Waals surface area contributed by atoms with Gasteiger partial charge in [-0.05, 0) is 30.6 Å². The van der Waals surface area contributed by atoms with Gasteiger partial charge >= 0.3 is 0 Å². The molecule has 0 aromatic heterocycles. The molecule has 0 aliphatic carbocycles. The fourth-order valence-corrected chi connectivity index (χ4v) is 1.73. The molecule has 0 radical (unpaired) electrons. The molecule has 0 saturated heterocycles. The predicted molar refractivity (Wildman–Crippen MR) is 71.0 cm³/mol. The van der Waals surface area contributed by atoms with Crippen LogP contribution in [0.15, 0.2) is 12.2 Å². The maximum atomic E-state index is 8.54. The Hall–Kier alpha value is -0.770. The Morgan fingerprint density at radius 2 is 1.81 bits per heavy atom. The molecule has 0 aliphatic heterocycles. The maximum absolute atomic E-state index is 8.54. The average Bonchev–Trinajstić information content (AvgIpc) is 2.17. The highest BCUT2D eigenvalue weighted by Crippen LogP contribution is 2.14. The molecule has 0 aromatic carbocycles. The Labute approximate surface area is 102 Å². The summed E-state index contributed by atoms with van der Waals surface area (Å²) in [6.45, 7) is 8.98. The molecule has 0 amide bonds. The van der Waals surface area contributed by atoms with Crippen molar-refractivity contribution in [2.45, 2.75) is 59.8 Å². The highest BCUT2D eigenvalue weighted by atomic mass is 14.2. The Bertz CT molecular complexity index is 222. The second kappa shape index (κ2) is 9.46. The third-order valence-electron chi connectivity index (χ3n) is 2.88. The molecule has 0 bridgehead atoms. The van der Waals surface area contributed by atoms with E-state index >= 15 is 0 Å². The van der Waals surface area contributed by atoms with Gasteiger partial charge < -0.3 is 0 Å². The zero-order valence-electron chi connectivity index (χ0n) is 11.4. The molecular weight excluding hydrogens is 194 g/mol. The second-order valence-electron chi connectivity index (χ2n) is 5.43. The van der Waals surface area contributed by atoms with Gasteiger partial charge in [-0.15, -0.1) is 0 Å². The van der Waals surface area contributed by atoms with Gasteiger partial charge in [-0.1, -0.05) is 52.7 Å². The molecule has 0 heterocycles. The van der Waals surface area contributed by atoms with E-state index in [-0.39, 0.29) is 0 Å². The molecule has 0 fully saturated rings. The van der Waals surface area contributed by atoms with E-state index in [1.807, 2.05) is 0 Å². The van der Waals surface area contributed by atoms with Crippen LogP contribution >= 0.6 is 0 Å². The van der Waals surface area contributed by atoms with Crippen LogP contribution in [0.5, 0.6) is 0 Å². The molecule has 2 atom stereocenters. The number of hydrogen-bond donors (Lipinski definition) is 0. The van der Waals surface area contributed by atoms with Crippen LogP contribution in [0.2, 0.25) is 0 Å². The predicted octanol–water partition coefficient (Wildman–Crippen LogP) is 4.94. The Kier molecular flexibility index (Phi) is 9.00. The van der Waals surface area contributed by atoms with E-state index in [0.29, 0.717) is 18.3 Å². The second-order valence-corrected chi connectivity index (χ2v) is 5.43. The largest absolute Gasteiger partial charge is 0.198 e. The molecule has 0 N–H and O–H groups in total. The van der Waals surface area contributed by atoms with Crippen molar-refractivity contribution in [1.29, 1.82) is 5.26 Å². The van der Waals surface area contributed by atoms with Crippen LogP contribution in [0.1, 0.15) is 59.8 Å². The molecule has 0 aliphatic rings. The first-order valence-corrected chi connectivity index (χ1v) is 6.59. The first-order valence-electron chi connectivity index (χ1n) is 6.59. The lowest BCUT2D eigenvalue weighted by Gasteiger charge is -2.08. The van der Waals surface area contributed by atoms with Gasteiger partial charge in [0.05, 0.1) is 6.07 Å². The lowest BCUT2D eigenvalue weighted by Crippen LogP contribution is -1.94. The minimum atomic E-state index is 0.504. The Balaban J connectivity index is 3.58. The minimum Gasteiger partial charge on any atom is -0.198 e. The van der Waals surface area contributed by atoms with E-state index in [2.05, 4.69) is 45.9 Å². The average molecular weight is 221 g/mol. The summed E-state index contributed by atoms with van der Waals surface area (Å²) in [5.41, 5.74) is 0. The molecule has 0 spiro atoms. The maximum Gasteiger partial charge on any atom is 0.0624 e. The SMILES string of the molecule is CC(C)CCC[C@@H](C)/C=C/C[C@@H](C)CC#N. The lowest BCUT2D eigenvalue weighted by molar-refractivity contribution is 0.500. The van der Waals surface area contributed by atoms with Crippen molar-refractivity contribution in [3.8, 4) is 6.07 Å². The van der Waals surface area contributed by atoms with Crippen molar-refractivity contribution in [2.75, 3.05) is 0 Å². The Morgan fingerprint density at radius 1 is 1.12 bits per heavy atom. The zero-order valence-corrected chi connectivity index (χ0v) is 11.4. The van der Waals surface area contributed by atoms with Crippen LogP contribution in [0.3, 0.4) is 0 Å². The van der Waals surface area contributed by atoms with E-state index in [0.717, 1.165) is 12.3 Å². The first-order chi connectivity index (χ1) is 7.56. The molecule has 92 valence electrons. The topological polar surface area (TPSA) is 23.8 Å². The molecule has 0 rings (SSSR count). The van der Waals surface area contributed by atoms with Gasteiger partial charge in [-0.3, -0.25) is 0 Å². The van der Waals surface area contributed by atoms with Crippen molar-refractivity contribution >= 4 is 0 Å². The smallest absolute Gasteiger partial charge is 0.0624 e. The lowest BCUT2D eigenvalue weighted by atomic mass is 9.98. The van der Waals surface area contributed by atoms with E-state index in [4.69, 9.17) is 5.26 Å². The van der Waals surface area contributed by atoms with Gasteiger partial charge in [0.25, 0.3) is 0 Å². The number of nitriles is 1. The van der Waals surface area contributed by atoms with Gasteiger partial charge in [-0.25, -0.2) is 0 Å². The highest BCUT2D eigenvalue weighted by Gasteiger charge is 2.00. The van der Waals surface area contributed by atoms with Crippen molar-refractivity contribution in [1.82, 2.24) is 0 Å². The van der Waals surface area contributed by atoms with E-state index in [9.17, 15) is 0 Å². The fourth-order valence-electron chi connectivity index (χ4n) is 1.73. The summed E-state index contributed by atoms with van der Waals surface area (Å²) in [6.07, 6.45) is 10.2.